The van der Waals surface area contributed by atoms with Crippen molar-refractivity contribution < 1.29 is 4.74 Å². The van der Waals surface area contributed by atoms with E-state index < -0.39 is 0 Å². The number of hydrogen-bond donors (Lipinski definition) is 1. The predicted molar refractivity (Wildman–Crippen MR) is 89.0 cm³/mol. The maximum absolute atomic E-state index is 5.94. The minimum Gasteiger partial charge on any atom is -0.486 e. The molecule has 0 atom stereocenters. The van der Waals surface area contributed by atoms with Crippen LogP contribution in [-0.4, -0.2) is 4.98 Å². The Labute approximate surface area is 131 Å². The third kappa shape index (κ3) is 3.63. The Morgan fingerprint density at radius 1 is 1.24 bits per heavy atom. The average Bonchev–Trinajstić information content (AvgIpc) is 2.84. The van der Waals surface area contributed by atoms with Gasteiger partial charge in [0.2, 0.25) is 0 Å². The molecule has 0 spiro atoms. The van der Waals surface area contributed by atoms with Gasteiger partial charge in [0.15, 0.2) is 0 Å². The number of nitrogens with zero attached hydrogens (tertiary/aromatic N) is 1. The van der Waals surface area contributed by atoms with Gasteiger partial charge in [0.25, 0.3) is 0 Å². The average molecular weight is 304 g/mol. The number of rotatable bonds is 4. The summed E-state index contributed by atoms with van der Waals surface area (Å²) in [7, 11) is 0. The molecule has 1 heterocycles. The minimum absolute atomic E-state index is 0.0166. The normalized spacial score (nSPS) is 11.7. The van der Waals surface area contributed by atoms with Crippen LogP contribution in [0, 0.1) is 13.8 Å². The van der Waals surface area contributed by atoms with Crippen LogP contribution >= 0.6 is 11.3 Å². The monoisotopic (exact) mass is 304 g/mol. The number of aromatic nitrogens is 1. The van der Waals surface area contributed by atoms with Crippen LogP contribution in [0.1, 0.15) is 47.5 Å². The lowest BCUT2D eigenvalue weighted by molar-refractivity contribution is 0.302. The molecule has 0 radical (unpaired) electrons. The molecule has 2 aromatic rings. The van der Waals surface area contributed by atoms with Gasteiger partial charge < -0.3 is 10.5 Å². The van der Waals surface area contributed by atoms with Gasteiger partial charge in [-0.15, -0.1) is 11.3 Å². The molecule has 3 nitrogen and oxygen atoms in total. The van der Waals surface area contributed by atoms with Crippen LogP contribution in [0.25, 0.3) is 0 Å². The fraction of sp³-hybridized carbons (Fsp3) is 0.471. The second kappa shape index (κ2) is 6.16. The lowest BCUT2D eigenvalue weighted by Gasteiger charge is -2.16. The Kier molecular flexibility index (Phi) is 4.69. The molecular formula is C17H24N2OS. The quantitative estimate of drug-likeness (QED) is 0.925. The van der Waals surface area contributed by atoms with E-state index in [1.807, 2.05) is 12.1 Å². The molecule has 0 aliphatic heterocycles. The third-order valence-corrected chi connectivity index (χ3v) is 4.59. The first-order chi connectivity index (χ1) is 9.82. The smallest absolute Gasteiger partial charge is 0.140 e. The fourth-order valence-electron chi connectivity index (χ4n) is 2.21. The Morgan fingerprint density at radius 3 is 2.52 bits per heavy atom. The summed E-state index contributed by atoms with van der Waals surface area (Å²) in [6, 6.07) is 6.12. The molecule has 21 heavy (non-hydrogen) atoms. The molecule has 0 aliphatic rings. The van der Waals surface area contributed by atoms with E-state index in [0.29, 0.717) is 13.2 Å². The summed E-state index contributed by atoms with van der Waals surface area (Å²) in [6.45, 7) is 11.7. The zero-order chi connectivity index (χ0) is 15.6. The summed E-state index contributed by atoms with van der Waals surface area (Å²) >= 11 is 1.65. The summed E-state index contributed by atoms with van der Waals surface area (Å²) in [6.07, 6.45) is 0. The lowest BCUT2D eigenvalue weighted by Crippen LogP contribution is -2.15. The summed E-state index contributed by atoms with van der Waals surface area (Å²) in [4.78, 5) is 5.89. The van der Waals surface area contributed by atoms with Crippen molar-refractivity contribution in [1.82, 2.24) is 4.98 Å². The van der Waals surface area contributed by atoms with E-state index in [2.05, 4.69) is 40.7 Å². The molecule has 0 saturated heterocycles. The standard InChI is InChI=1S/C17H24N2OS/c1-11-7-6-8-13(12(11)2)20-10-15-19-16(17(3,4)5)14(9-18)21-15/h6-8H,9-10,18H2,1-5H3. The number of ether oxygens (including phenoxy) is 1. The molecule has 1 aromatic heterocycles. The largest absolute Gasteiger partial charge is 0.486 e. The highest BCUT2D eigenvalue weighted by molar-refractivity contribution is 7.11. The van der Waals surface area contributed by atoms with Gasteiger partial charge in [-0.25, -0.2) is 4.98 Å². The zero-order valence-electron chi connectivity index (χ0n) is 13.5. The van der Waals surface area contributed by atoms with Gasteiger partial charge in [-0.05, 0) is 31.0 Å². The molecule has 0 amide bonds. The first-order valence-electron chi connectivity index (χ1n) is 7.21. The zero-order valence-corrected chi connectivity index (χ0v) is 14.3. The lowest BCUT2D eigenvalue weighted by atomic mass is 9.91. The van der Waals surface area contributed by atoms with Crippen molar-refractivity contribution in [2.45, 2.75) is 53.2 Å². The van der Waals surface area contributed by atoms with Gasteiger partial charge in [-0.3, -0.25) is 0 Å². The first-order valence-corrected chi connectivity index (χ1v) is 8.02. The number of aryl methyl sites for hydroxylation is 1. The maximum Gasteiger partial charge on any atom is 0.140 e. The van der Waals surface area contributed by atoms with Gasteiger partial charge in [0.05, 0.1) is 5.69 Å². The van der Waals surface area contributed by atoms with Gasteiger partial charge in [-0.1, -0.05) is 32.9 Å². The molecule has 4 heteroatoms. The van der Waals surface area contributed by atoms with Crippen LogP contribution in [0.2, 0.25) is 0 Å². The van der Waals surface area contributed by atoms with E-state index in [9.17, 15) is 0 Å². The highest BCUT2D eigenvalue weighted by Crippen LogP contribution is 2.30. The van der Waals surface area contributed by atoms with Crippen molar-refractivity contribution in [3.63, 3.8) is 0 Å². The van der Waals surface area contributed by atoms with E-state index in [1.165, 1.54) is 11.1 Å². The summed E-state index contributed by atoms with van der Waals surface area (Å²) in [5, 5.41) is 0.987. The summed E-state index contributed by atoms with van der Waals surface area (Å²) < 4.78 is 5.94. The number of nitrogens with two attached hydrogens (primary N) is 1. The van der Waals surface area contributed by atoms with E-state index in [-0.39, 0.29) is 5.41 Å². The highest BCUT2D eigenvalue weighted by Gasteiger charge is 2.22. The Morgan fingerprint density at radius 2 is 1.95 bits per heavy atom. The molecule has 114 valence electrons. The van der Waals surface area contributed by atoms with Crippen molar-refractivity contribution in [2.75, 3.05) is 0 Å². The van der Waals surface area contributed by atoms with Gasteiger partial charge >= 0.3 is 0 Å². The van der Waals surface area contributed by atoms with Crippen LogP contribution in [0.3, 0.4) is 0 Å². The molecule has 0 aliphatic carbocycles. The molecule has 2 N–H and O–H groups in total. The van der Waals surface area contributed by atoms with Gasteiger partial charge in [-0.2, -0.15) is 0 Å². The van der Waals surface area contributed by atoms with Crippen molar-refractivity contribution in [3.05, 3.63) is 44.9 Å². The molecule has 0 fully saturated rings. The van der Waals surface area contributed by atoms with E-state index in [4.69, 9.17) is 15.5 Å². The Bertz CT molecular complexity index is 626. The van der Waals surface area contributed by atoms with Crippen LogP contribution in [0.15, 0.2) is 18.2 Å². The second-order valence-electron chi connectivity index (χ2n) is 6.32. The summed E-state index contributed by atoms with van der Waals surface area (Å²) in [5.41, 5.74) is 9.38. The molecule has 0 saturated carbocycles. The molecule has 0 bridgehead atoms. The van der Waals surface area contributed by atoms with Gasteiger partial charge in [0, 0.05) is 16.8 Å². The number of thiazole rings is 1. The van der Waals surface area contributed by atoms with Crippen LogP contribution < -0.4 is 10.5 Å². The van der Waals surface area contributed by atoms with Crippen LogP contribution in [0.4, 0.5) is 0 Å². The van der Waals surface area contributed by atoms with Crippen molar-refractivity contribution in [3.8, 4) is 5.75 Å². The second-order valence-corrected chi connectivity index (χ2v) is 7.49. The predicted octanol–water partition coefficient (Wildman–Crippen LogP) is 4.10. The van der Waals surface area contributed by atoms with Crippen molar-refractivity contribution >= 4 is 11.3 Å². The summed E-state index contributed by atoms with van der Waals surface area (Å²) in [5.74, 6) is 0.928. The van der Waals surface area contributed by atoms with Crippen molar-refractivity contribution in [1.29, 1.82) is 0 Å². The Balaban J connectivity index is 2.17. The Hall–Kier alpha value is -1.39. The van der Waals surface area contributed by atoms with Crippen LogP contribution in [-0.2, 0) is 18.6 Å². The molecular weight excluding hydrogens is 280 g/mol. The van der Waals surface area contributed by atoms with Crippen LogP contribution in [0.5, 0.6) is 5.75 Å². The highest BCUT2D eigenvalue weighted by atomic mass is 32.1. The van der Waals surface area contributed by atoms with Crippen molar-refractivity contribution in [2.24, 2.45) is 5.73 Å². The number of benzene rings is 1. The van der Waals surface area contributed by atoms with E-state index in [0.717, 1.165) is 21.3 Å². The minimum atomic E-state index is 0.0166. The maximum atomic E-state index is 5.94. The van der Waals surface area contributed by atoms with Gasteiger partial charge in [0.1, 0.15) is 17.4 Å². The molecule has 0 unspecified atom stereocenters. The molecule has 2 rings (SSSR count). The third-order valence-electron chi connectivity index (χ3n) is 3.54. The van der Waals surface area contributed by atoms with E-state index >= 15 is 0 Å². The fourth-order valence-corrected chi connectivity index (χ4v) is 3.28. The van der Waals surface area contributed by atoms with E-state index in [1.54, 1.807) is 11.3 Å². The molecule has 1 aromatic carbocycles. The number of hydrogen-bond acceptors (Lipinski definition) is 4. The first kappa shape index (κ1) is 16.0. The topological polar surface area (TPSA) is 48.1 Å². The SMILES string of the molecule is Cc1cccc(OCc2nc(C(C)(C)C)c(CN)s2)c1C.